The van der Waals surface area contributed by atoms with Crippen molar-refractivity contribution in [2.24, 2.45) is 0 Å². The van der Waals surface area contributed by atoms with Crippen molar-refractivity contribution in [1.82, 2.24) is 14.5 Å². The van der Waals surface area contributed by atoms with Crippen molar-refractivity contribution in [3.05, 3.63) is 42.7 Å². The van der Waals surface area contributed by atoms with Gasteiger partial charge in [-0.2, -0.15) is 0 Å². The zero-order chi connectivity index (χ0) is 14.7. The Labute approximate surface area is 125 Å². The van der Waals surface area contributed by atoms with Crippen LogP contribution >= 0.6 is 0 Å². The molecular formula is C17H21N3O. The van der Waals surface area contributed by atoms with Crippen LogP contribution in [0.15, 0.2) is 47.1 Å². The first-order valence-corrected chi connectivity index (χ1v) is 7.55. The molecule has 3 aromatic rings. The second-order valence-corrected chi connectivity index (χ2v) is 5.08. The highest BCUT2D eigenvalue weighted by Crippen LogP contribution is 2.25. The van der Waals surface area contributed by atoms with Gasteiger partial charge in [-0.1, -0.05) is 26.0 Å². The molecule has 4 heteroatoms. The summed E-state index contributed by atoms with van der Waals surface area (Å²) in [4.78, 5) is 7.15. The molecule has 4 nitrogen and oxygen atoms in total. The van der Waals surface area contributed by atoms with E-state index in [1.54, 1.807) is 6.26 Å². The molecule has 0 aliphatic rings. The van der Waals surface area contributed by atoms with E-state index in [9.17, 15) is 0 Å². The van der Waals surface area contributed by atoms with Crippen LogP contribution in [0.3, 0.4) is 0 Å². The molecule has 0 atom stereocenters. The molecule has 0 aliphatic heterocycles. The van der Waals surface area contributed by atoms with E-state index in [0.29, 0.717) is 0 Å². The van der Waals surface area contributed by atoms with Crippen LogP contribution in [0.4, 0.5) is 0 Å². The molecule has 0 radical (unpaired) electrons. The van der Waals surface area contributed by atoms with Gasteiger partial charge in [0, 0.05) is 13.1 Å². The largest absolute Gasteiger partial charge is 0.461 e. The van der Waals surface area contributed by atoms with Crippen molar-refractivity contribution in [2.45, 2.75) is 20.4 Å². The van der Waals surface area contributed by atoms with Crippen molar-refractivity contribution in [2.75, 3.05) is 19.6 Å². The van der Waals surface area contributed by atoms with Gasteiger partial charge in [-0.3, -0.25) is 0 Å². The van der Waals surface area contributed by atoms with Gasteiger partial charge in [0.25, 0.3) is 0 Å². The minimum Gasteiger partial charge on any atom is -0.461 e. The normalized spacial score (nSPS) is 11.6. The molecule has 3 rings (SSSR count). The first kappa shape index (κ1) is 13.9. The number of hydrogen-bond donors (Lipinski definition) is 0. The van der Waals surface area contributed by atoms with Crippen molar-refractivity contribution in [3.63, 3.8) is 0 Å². The van der Waals surface area contributed by atoms with Gasteiger partial charge >= 0.3 is 0 Å². The molecule has 0 bridgehead atoms. The van der Waals surface area contributed by atoms with Crippen LogP contribution in [-0.4, -0.2) is 34.1 Å². The highest BCUT2D eigenvalue weighted by atomic mass is 16.3. The lowest BCUT2D eigenvalue weighted by atomic mass is 10.3. The van der Waals surface area contributed by atoms with E-state index in [-0.39, 0.29) is 0 Å². The topological polar surface area (TPSA) is 34.2 Å². The van der Waals surface area contributed by atoms with Crippen LogP contribution < -0.4 is 0 Å². The van der Waals surface area contributed by atoms with E-state index in [1.165, 1.54) is 0 Å². The summed E-state index contributed by atoms with van der Waals surface area (Å²) in [6, 6.07) is 12.1. The Bertz CT molecular complexity index is 696. The minimum absolute atomic E-state index is 0.825. The molecular weight excluding hydrogens is 262 g/mol. The maximum absolute atomic E-state index is 5.55. The van der Waals surface area contributed by atoms with Crippen molar-refractivity contribution < 1.29 is 4.42 Å². The van der Waals surface area contributed by atoms with E-state index in [1.807, 2.05) is 18.2 Å². The Morgan fingerprint density at radius 1 is 1.10 bits per heavy atom. The van der Waals surface area contributed by atoms with Crippen LogP contribution in [0, 0.1) is 0 Å². The molecule has 0 fully saturated rings. The number of imidazole rings is 1. The van der Waals surface area contributed by atoms with Crippen molar-refractivity contribution in [3.8, 4) is 11.6 Å². The summed E-state index contributed by atoms with van der Waals surface area (Å²) in [5, 5.41) is 0. The van der Waals surface area contributed by atoms with Crippen LogP contribution in [0.5, 0.6) is 0 Å². The van der Waals surface area contributed by atoms with Gasteiger partial charge in [0.1, 0.15) is 0 Å². The summed E-state index contributed by atoms with van der Waals surface area (Å²) < 4.78 is 7.81. The van der Waals surface area contributed by atoms with Crippen LogP contribution in [0.25, 0.3) is 22.6 Å². The van der Waals surface area contributed by atoms with Gasteiger partial charge in [-0.15, -0.1) is 0 Å². The van der Waals surface area contributed by atoms with Crippen LogP contribution in [-0.2, 0) is 6.54 Å². The quantitative estimate of drug-likeness (QED) is 0.692. The van der Waals surface area contributed by atoms with E-state index >= 15 is 0 Å². The van der Waals surface area contributed by atoms with E-state index in [0.717, 1.165) is 48.8 Å². The van der Waals surface area contributed by atoms with E-state index in [4.69, 9.17) is 9.40 Å². The standard InChI is InChI=1S/C17H21N3O/c1-3-19(4-2)11-12-20-15-9-6-5-8-14(15)18-17(20)16-10-7-13-21-16/h5-10,13H,3-4,11-12H2,1-2H3. The zero-order valence-corrected chi connectivity index (χ0v) is 12.6. The first-order valence-electron chi connectivity index (χ1n) is 7.55. The third kappa shape index (κ3) is 2.72. The van der Waals surface area contributed by atoms with Gasteiger partial charge in [0.2, 0.25) is 0 Å². The van der Waals surface area contributed by atoms with Gasteiger partial charge in [0.05, 0.1) is 17.3 Å². The number of likely N-dealkylation sites (N-methyl/N-ethyl adjacent to an activating group) is 1. The molecule has 0 unspecified atom stereocenters. The molecule has 21 heavy (non-hydrogen) atoms. The lowest BCUT2D eigenvalue weighted by Crippen LogP contribution is -2.27. The Balaban J connectivity index is 2.00. The lowest BCUT2D eigenvalue weighted by Gasteiger charge is -2.19. The second-order valence-electron chi connectivity index (χ2n) is 5.08. The lowest BCUT2D eigenvalue weighted by molar-refractivity contribution is 0.292. The van der Waals surface area contributed by atoms with Gasteiger partial charge in [-0.25, -0.2) is 4.98 Å². The number of fused-ring (bicyclic) bond motifs is 1. The van der Waals surface area contributed by atoms with Gasteiger partial charge in [-0.05, 0) is 37.4 Å². The summed E-state index contributed by atoms with van der Waals surface area (Å²) in [6.07, 6.45) is 1.70. The Morgan fingerprint density at radius 3 is 2.62 bits per heavy atom. The molecule has 0 aliphatic carbocycles. The minimum atomic E-state index is 0.825. The molecule has 0 N–H and O–H groups in total. The summed E-state index contributed by atoms with van der Waals surface area (Å²) in [5.74, 6) is 1.74. The molecule has 2 aromatic heterocycles. The summed E-state index contributed by atoms with van der Waals surface area (Å²) in [7, 11) is 0. The fourth-order valence-corrected chi connectivity index (χ4v) is 2.68. The van der Waals surface area contributed by atoms with Crippen LogP contribution in [0.2, 0.25) is 0 Å². The predicted octanol–water partition coefficient (Wildman–Crippen LogP) is 3.64. The second kappa shape index (κ2) is 6.14. The third-order valence-electron chi connectivity index (χ3n) is 3.93. The fourth-order valence-electron chi connectivity index (χ4n) is 2.68. The highest BCUT2D eigenvalue weighted by molar-refractivity contribution is 5.79. The number of hydrogen-bond acceptors (Lipinski definition) is 3. The Hall–Kier alpha value is -2.07. The van der Waals surface area contributed by atoms with Gasteiger partial charge < -0.3 is 13.9 Å². The number of para-hydroxylation sites is 2. The number of furan rings is 1. The zero-order valence-electron chi connectivity index (χ0n) is 12.6. The monoisotopic (exact) mass is 283 g/mol. The maximum atomic E-state index is 5.55. The average molecular weight is 283 g/mol. The number of aromatic nitrogens is 2. The van der Waals surface area contributed by atoms with Gasteiger partial charge in [0.15, 0.2) is 11.6 Å². The van der Waals surface area contributed by atoms with Crippen molar-refractivity contribution in [1.29, 1.82) is 0 Å². The summed E-state index contributed by atoms with van der Waals surface area (Å²) in [6.45, 7) is 8.46. The fraction of sp³-hybridized carbons (Fsp3) is 0.353. The maximum Gasteiger partial charge on any atom is 0.177 e. The smallest absolute Gasteiger partial charge is 0.177 e. The molecule has 0 saturated heterocycles. The third-order valence-corrected chi connectivity index (χ3v) is 3.93. The molecule has 0 amide bonds. The van der Waals surface area contributed by atoms with E-state index < -0.39 is 0 Å². The molecule has 0 spiro atoms. The predicted molar refractivity (Wildman–Crippen MR) is 85.2 cm³/mol. The number of benzene rings is 1. The molecule has 1 aromatic carbocycles. The molecule has 110 valence electrons. The number of rotatable bonds is 6. The first-order chi connectivity index (χ1) is 10.3. The Kier molecular flexibility index (Phi) is 4.06. The van der Waals surface area contributed by atoms with Crippen molar-refractivity contribution >= 4 is 11.0 Å². The SMILES string of the molecule is CCN(CC)CCn1c(-c2ccco2)nc2ccccc21. The molecule has 2 heterocycles. The average Bonchev–Trinajstić information content (AvgIpc) is 3.15. The number of nitrogens with zero attached hydrogens (tertiary/aromatic N) is 3. The van der Waals surface area contributed by atoms with Crippen LogP contribution in [0.1, 0.15) is 13.8 Å². The molecule has 0 saturated carbocycles. The van der Waals surface area contributed by atoms with E-state index in [2.05, 4.69) is 41.5 Å². The Morgan fingerprint density at radius 2 is 1.90 bits per heavy atom. The summed E-state index contributed by atoms with van der Waals surface area (Å²) >= 11 is 0. The summed E-state index contributed by atoms with van der Waals surface area (Å²) in [5.41, 5.74) is 2.18. The highest BCUT2D eigenvalue weighted by Gasteiger charge is 2.14.